The second kappa shape index (κ2) is 6.05. The van der Waals surface area contributed by atoms with Gasteiger partial charge in [0.05, 0.1) is 5.56 Å². The van der Waals surface area contributed by atoms with Crippen LogP contribution in [0.1, 0.15) is 16.7 Å². The van der Waals surface area contributed by atoms with Gasteiger partial charge in [-0.25, -0.2) is 4.39 Å². The zero-order chi connectivity index (χ0) is 15.6. The van der Waals surface area contributed by atoms with E-state index in [2.05, 4.69) is 15.9 Å². The van der Waals surface area contributed by atoms with Crippen molar-refractivity contribution in [1.29, 1.82) is 0 Å². The Hall–Kier alpha value is -1.56. The molecule has 0 aliphatic heterocycles. The van der Waals surface area contributed by atoms with Crippen LogP contribution in [0.5, 0.6) is 11.5 Å². The van der Waals surface area contributed by atoms with Crippen molar-refractivity contribution in [1.82, 2.24) is 0 Å². The fraction of sp³-hybridized carbons (Fsp3) is 0.200. The molecule has 0 N–H and O–H groups in total. The second-order valence-corrected chi connectivity index (χ2v) is 5.01. The third-order valence-electron chi connectivity index (χ3n) is 2.88. The van der Waals surface area contributed by atoms with Crippen LogP contribution in [0.3, 0.4) is 0 Å². The first-order valence-corrected chi connectivity index (χ1v) is 7.14. The summed E-state index contributed by atoms with van der Waals surface area (Å²) in [6.45, 7) is 1.51. The average molecular weight is 363 g/mol. The summed E-state index contributed by atoms with van der Waals surface area (Å²) in [5.74, 6) is -1.32. The Morgan fingerprint density at radius 1 is 1.10 bits per heavy atom. The zero-order valence-electron chi connectivity index (χ0n) is 11.0. The monoisotopic (exact) mass is 362 g/mol. The van der Waals surface area contributed by atoms with Crippen molar-refractivity contribution in [3.8, 4) is 11.5 Å². The highest BCUT2D eigenvalue weighted by Gasteiger charge is 2.35. The van der Waals surface area contributed by atoms with Gasteiger partial charge in [0.1, 0.15) is 5.75 Å². The van der Waals surface area contributed by atoms with Crippen LogP contribution in [-0.4, -0.2) is 0 Å². The van der Waals surface area contributed by atoms with E-state index in [9.17, 15) is 17.6 Å². The number of hydrogen-bond donors (Lipinski definition) is 0. The van der Waals surface area contributed by atoms with Gasteiger partial charge in [-0.1, -0.05) is 34.1 Å². The van der Waals surface area contributed by atoms with Crippen LogP contribution in [0.25, 0.3) is 0 Å². The lowest BCUT2D eigenvalue weighted by atomic mass is 10.1. The normalized spacial score (nSPS) is 11.5. The lowest BCUT2D eigenvalue weighted by molar-refractivity contribution is -0.138. The molecule has 0 heterocycles. The standard InChI is InChI=1S/C15H11BrF4O/c1-9-3-2-4-13(14(9)17)21-12-6-5-10(8-16)7-11(12)15(18,19)20/h2-7H,8H2,1H3. The molecule has 1 nitrogen and oxygen atoms in total. The summed E-state index contributed by atoms with van der Waals surface area (Å²) in [4.78, 5) is 0. The molecule has 0 aliphatic rings. The molecule has 112 valence electrons. The van der Waals surface area contributed by atoms with Crippen LogP contribution < -0.4 is 4.74 Å². The van der Waals surface area contributed by atoms with E-state index in [1.54, 1.807) is 0 Å². The SMILES string of the molecule is Cc1cccc(Oc2ccc(CBr)cc2C(F)(F)F)c1F. The van der Waals surface area contributed by atoms with Crippen LogP contribution in [0.2, 0.25) is 0 Å². The number of aryl methyl sites for hydroxylation is 1. The molecule has 2 rings (SSSR count). The topological polar surface area (TPSA) is 9.23 Å². The summed E-state index contributed by atoms with van der Waals surface area (Å²) in [5.41, 5.74) is -0.169. The third kappa shape index (κ3) is 3.56. The molecule has 2 aromatic rings. The van der Waals surface area contributed by atoms with Crippen LogP contribution in [0, 0.1) is 12.7 Å². The van der Waals surface area contributed by atoms with Crippen molar-refractivity contribution >= 4 is 15.9 Å². The molecular formula is C15H11BrF4O. The first-order valence-electron chi connectivity index (χ1n) is 6.02. The Bertz CT molecular complexity index is 653. The highest BCUT2D eigenvalue weighted by atomic mass is 79.9. The molecule has 0 saturated heterocycles. The van der Waals surface area contributed by atoms with E-state index < -0.39 is 23.3 Å². The molecule has 0 aliphatic carbocycles. The van der Waals surface area contributed by atoms with E-state index in [4.69, 9.17) is 4.74 Å². The van der Waals surface area contributed by atoms with Gasteiger partial charge in [0, 0.05) is 5.33 Å². The predicted octanol–water partition coefficient (Wildman–Crippen LogP) is 5.84. The van der Waals surface area contributed by atoms with E-state index >= 15 is 0 Å². The minimum absolute atomic E-state index is 0.230. The van der Waals surface area contributed by atoms with Crippen molar-refractivity contribution in [2.75, 3.05) is 0 Å². The molecule has 0 bridgehead atoms. The number of ether oxygens (including phenoxy) is 1. The fourth-order valence-electron chi connectivity index (χ4n) is 1.79. The zero-order valence-corrected chi connectivity index (χ0v) is 12.6. The van der Waals surface area contributed by atoms with Gasteiger partial charge >= 0.3 is 6.18 Å². The van der Waals surface area contributed by atoms with E-state index in [1.165, 1.54) is 37.3 Å². The lowest BCUT2D eigenvalue weighted by Crippen LogP contribution is -2.08. The van der Waals surface area contributed by atoms with Gasteiger partial charge in [-0.15, -0.1) is 0 Å². The van der Waals surface area contributed by atoms with E-state index in [1.807, 2.05) is 0 Å². The van der Waals surface area contributed by atoms with Gasteiger partial charge < -0.3 is 4.74 Å². The highest BCUT2D eigenvalue weighted by molar-refractivity contribution is 9.08. The molecule has 0 aromatic heterocycles. The minimum Gasteiger partial charge on any atom is -0.454 e. The van der Waals surface area contributed by atoms with Gasteiger partial charge in [-0.3, -0.25) is 0 Å². The molecule has 6 heteroatoms. The fourth-order valence-corrected chi connectivity index (χ4v) is 2.14. The number of rotatable bonds is 3. The third-order valence-corrected chi connectivity index (χ3v) is 3.53. The van der Waals surface area contributed by atoms with Gasteiger partial charge in [-0.05, 0) is 36.2 Å². The van der Waals surface area contributed by atoms with Crippen LogP contribution in [0.15, 0.2) is 36.4 Å². The predicted molar refractivity (Wildman–Crippen MR) is 75.3 cm³/mol. The van der Waals surface area contributed by atoms with Gasteiger partial charge in [0.15, 0.2) is 11.6 Å². The van der Waals surface area contributed by atoms with E-state index in [-0.39, 0.29) is 11.1 Å². The van der Waals surface area contributed by atoms with E-state index in [0.717, 1.165) is 6.07 Å². The van der Waals surface area contributed by atoms with Crippen LogP contribution in [-0.2, 0) is 11.5 Å². The van der Waals surface area contributed by atoms with Crippen LogP contribution >= 0.6 is 15.9 Å². The Morgan fingerprint density at radius 2 is 1.81 bits per heavy atom. The highest BCUT2D eigenvalue weighted by Crippen LogP contribution is 2.39. The van der Waals surface area contributed by atoms with Gasteiger partial charge in [-0.2, -0.15) is 13.2 Å². The van der Waals surface area contributed by atoms with Crippen molar-refractivity contribution in [3.63, 3.8) is 0 Å². The summed E-state index contributed by atoms with van der Waals surface area (Å²) in [6, 6.07) is 8.00. The molecule has 0 amide bonds. The van der Waals surface area contributed by atoms with Crippen molar-refractivity contribution in [2.45, 2.75) is 18.4 Å². The summed E-state index contributed by atoms with van der Waals surface area (Å²) >= 11 is 3.10. The van der Waals surface area contributed by atoms with Gasteiger partial charge in [0.25, 0.3) is 0 Å². The maximum absolute atomic E-state index is 13.8. The maximum Gasteiger partial charge on any atom is 0.419 e. The molecule has 0 unspecified atom stereocenters. The Morgan fingerprint density at radius 3 is 2.43 bits per heavy atom. The second-order valence-electron chi connectivity index (χ2n) is 4.45. The Kier molecular flexibility index (Phi) is 4.56. The molecule has 0 atom stereocenters. The quantitative estimate of drug-likeness (QED) is 0.492. The summed E-state index contributed by atoms with van der Waals surface area (Å²) in [7, 11) is 0. The lowest BCUT2D eigenvalue weighted by Gasteiger charge is -2.15. The molecule has 0 spiro atoms. The molecule has 0 radical (unpaired) electrons. The van der Waals surface area contributed by atoms with Gasteiger partial charge in [0.2, 0.25) is 0 Å². The summed E-state index contributed by atoms with van der Waals surface area (Å²) in [5, 5.41) is 0.287. The Balaban J connectivity index is 2.46. The van der Waals surface area contributed by atoms with Crippen molar-refractivity contribution < 1.29 is 22.3 Å². The molecule has 0 fully saturated rings. The summed E-state index contributed by atoms with van der Waals surface area (Å²) in [6.07, 6.45) is -4.58. The molecular weight excluding hydrogens is 352 g/mol. The smallest absolute Gasteiger partial charge is 0.419 e. The first-order chi connectivity index (χ1) is 9.82. The summed E-state index contributed by atoms with van der Waals surface area (Å²) < 4.78 is 58.2. The minimum atomic E-state index is -4.58. The number of benzene rings is 2. The van der Waals surface area contributed by atoms with Crippen LogP contribution in [0.4, 0.5) is 17.6 Å². The molecule has 2 aromatic carbocycles. The number of hydrogen-bond acceptors (Lipinski definition) is 1. The average Bonchev–Trinajstić information content (AvgIpc) is 2.43. The Labute approximate surface area is 127 Å². The first kappa shape index (κ1) is 15.8. The largest absolute Gasteiger partial charge is 0.454 e. The van der Waals surface area contributed by atoms with Crippen molar-refractivity contribution in [3.05, 3.63) is 58.9 Å². The number of alkyl halides is 4. The van der Waals surface area contributed by atoms with Crippen molar-refractivity contribution in [2.24, 2.45) is 0 Å². The molecule has 21 heavy (non-hydrogen) atoms. The molecule has 0 saturated carbocycles. The maximum atomic E-state index is 13.8. The van der Waals surface area contributed by atoms with E-state index in [0.29, 0.717) is 11.1 Å². The number of halogens is 5.